The molecular formula is C25H18ClFN8O2. The van der Waals surface area contributed by atoms with Gasteiger partial charge in [-0.15, -0.1) is 0 Å². The fourth-order valence-electron chi connectivity index (χ4n) is 4.57. The number of benzene rings is 1. The van der Waals surface area contributed by atoms with Crippen LogP contribution in [0, 0.1) is 5.82 Å². The van der Waals surface area contributed by atoms with Crippen molar-refractivity contribution in [3.63, 3.8) is 0 Å². The van der Waals surface area contributed by atoms with Crippen molar-refractivity contribution in [2.75, 3.05) is 11.1 Å². The predicted molar refractivity (Wildman–Crippen MR) is 135 cm³/mol. The van der Waals surface area contributed by atoms with Gasteiger partial charge < -0.3 is 20.4 Å². The number of H-pyrrole nitrogens is 1. The molecule has 0 spiro atoms. The van der Waals surface area contributed by atoms with Gasteiger partial charge in [0.1, 0.15) is 33.6 Å². The molecule has 1 aliphatic rings. The molecular weight excluding hydrogens is 499 g/mol. The van der Waals surface area contributed by atoms with E-state index in [9.17, 15) is 14.0 Å². The first-order valence-corrected chi connectivity index (χ1v) is 11.6. The highest BCUT2D eigenvalue weighted by Gasteiger charge is 2.48. The van der Waals surface area contributed by atoms with Gasteiger partial charge in [0.2, 0.25) is 5.91 Å². The van der Waals surface area contributed by atoms with E-state index in [4.69, 9.17) is 17.3 Å². The molecule has 0 saturated carbocycles. The van der Waals surface area contributed by atoms with Gasteiger partial charge in [0, 0.05) is 43.0 Å². The number of nitrogens with one attached hydrogen (secondary N) is 2. The fourth-order valence-corrected chi connectivity index (χ4v) is 4.68. The molecule has 1 atom stereocenters. The minimum Gasteiger partial charge on any atom is -0.383 e. The van der Waals surface area contributed by atoms with E-state index in [0.717, 1.165) is 0 Å². The Bertz CT molecular complexity index is 1800. The number of nitrogens with zero attached hydrogens (tertiary/aromatic N) is 5. The summed E-state index contributed by atoms with van der Waals surface area (Å²) in [6, 6.07) is 7.71. The van der Waals surface area contributed by atoms with Crippen LogP contribution in [0.25, 0.3) is 17.2 Å². The number of amides is 1. The Morgan fingerprint density at radius 3 is 2.78 bits per heavy atom. The number of hydrogen-bond donors (Lipinski definition) is 3. The second kappa shape index (κ2) is 8.20. The second-order valence-corrected chi connectivity index (χ2v) is 9.20. The molecule has 0 bridgehead atoms. The number of carbonyl (C=O) groups is 1. The third kappa shape index (κ3) is 3.54. The van der Waals surface area contributed by atoms with Crippen LogP contribution in [0.3, 0.4) is 0 Å². The van der Waals surface area contributed by atoms with Crippen molar-refractivity contribution in [2.45, 2.75) is 18.8 Å². The molecule has 12 heteroatoms. The van der Waals surface area contributed by atoms with E-state index >= 15 is 0 Å². The number of nitrogens with two attached hydrogens (primary N) is 1. The Morgan fingerprint density at radius 2 is 2.00 bits per heavy atom. The summed E-state index contributed by atoms with van der Waals surface area (Å²) >= 11 is 5.87. The Morgan fingerprint density at radius 1 is 1.19 bits per heavy atom. The average Bonchev–Trinajstić information content (AvgIpc) is 3.45. The second-order valence-electron chi connectivity index (χ2n) is 8.79. The molecule has 5 heterocycles. The minimum absolute atomic E-state index is 0.00213. The summed E-state index contributed by atoms with van der Waals surface area (Å²) < 4.78 is 16.1. The van der Waals surface area contributed by atoms with Crippen LogP contribution in [0.1, 0.15) is 29.4 Å². The van der Waals surface area contributed by atoms with Gasteiger partial charge in [-0.05, 0) is 18.6 Å². The number of imidazole rings is 1. The number of fused-ring (bicyclic) bond motifs is 2. The minimum atomic E-state index is -1.35. The number of hydrogen-bond acceptors (Lipinski definition) is 7. The van der Waals surface area contributed by atoms with Gasteiger partial charge in [-0.2, -0.15) is 0 Å². The van der Waals surface area contributed by atoms with Gasteiger partial charge in [0.25, 0.3) is 0 Å². The molecule has 6 rings (SSSR count). The van der Waals surface area contributed by atoms with Gasteiger partial charge in [0.05, 0.1) is 11.3 Å². The summed E-state index contributed by atoms with van der Waals surface area (Å²) in [6.45, 7) is 1.62. The molecule has 0 radical (unpaired) electrons. The van der Waals surface area contributed by atoms with Crippen molar-refractivity contribution < 1.29 is 9.18 Å². The molecule has 1 aliphatic heterocycles. The molecule has 10 nitrogen and oxygen atoms in total. The number of halogens is 2. The van der Waals surface area contributed by atoms with Crippen molar-refractivity contribution in [1.29, 1.82) is 0 Å². The number of rotatable bonds is 4. The van der Waals surface area contributed by atoms with Gasteiger partial charge in [0.15, 0.2) is 16.9 Å². The Balaban J connectivity index is 1.47. The van der Waals surface area contributed by atoms with Crippen molar-refractivity contribution >= 4 is 34.8 Å². The van der Waals surface area contributed by atoms with Gasteiger partial charge in [-0.25, -0.2) is 24.3 Å². The van der Waals surface area contributed by atoms with E-state index in [2.05, 4.69) is 30.2 Å². The lowest BCUT2D eigenvalue weighted by Gasteiger charge is -2.22. The molecule has 4 N–H and O–H groups in total. The maximum absolute atomic E-state index is 14.4. The van der Waals surface area contributed by atoms with Crippen LogP contribution in [-0.2, 0) is 16.6 Å². The van der Waals surface area contributed by atoms with Crippen molar-refractivity contribution in [3.8, 4) is 11.5 Å². The molecule has 0 unspecified atom stereocenters. The summed E-state index contributed by atoms with van der Waals surface area (Å²) in [7, 11) is 0. The van der Waals surface area contributed by atoms with Crippen LogP contribution in [0.15, 0.2) is 59.9 Å². The molecule has 0 fully saturated rings. The quantitative estimate of drug-likeness (QED) is 0.333. The number of aromatic amines is 1. The van der Waals surface area contributed by atoms with Crippen LogP contribution in [0.5, 0.6) is 0 Å². The highest BCUT2D eigenvalue weighted by atomic mass is 35.5. The molecule has 184 valence electrons. The first-order chi connectivity index (χ1) is 17.8. The number of pyridine rings is 1. The predicted octanol–water partition coefficient (Wildman–Crippen LogP) is 3.10. The highest BCUT2D eigenvalue weighted by Crippen LogP contribution is 2.44. The van der Waals surface area contributed by atoms with Crippen molar-refractivity contribution in [1.82, 2.24) is 29.3 Å². The SMILES string of the molecule is C[C@]1(c2cc(=O)c(Cl)c[nH]2)C(=O)Nc2nc(-c3cn4ccnc4c(Cc4ccccc4F)n3)nc(N)c21. The number of carbonyl (C=O) groups excluding carboxylic acids is 1. The average molecular weight is 517 g/mol. The van der Waals surface area contributed by atoms with Crippen LogP contribution in [0.4, 0.5) is 16.0 Å². The molecule has 5 aromatic rings. The summed E-state index contributed by atoms with van der Waals surface area (Å²) in [6.07, 6.45) is 6.55. The molecule has 1 aromatic carbocycles. The van der Waals surface area contributed by atoms with Crippen LogP contribution in [0.2, 0.25) is 5.02 Å². The van der Waals surface area contributed by atoms with Crippen LogP contribution >= 0.6 is 11.6 Å². The number of nitrogen functional groups attached to an aromatic ring is 1. The molecule has 0 aliphatic carbocycles. The van der Waals surface area contributed by atoms with Crippen LogP contribution < -0.4 is 16.5 Å². The van der Waals surface area contributed by atoms with E-state index < -0.39 is 16.8 Å². The molecule has 37 heavy (non-hydrogen) atoms. The first-order valence-electron chi connectivity index (χ1n) is 11.2. The largest absolute Gasteiger partial charge is 0.383 e. The molecule has 4 aromatic heterocycles. The van der Waals surface area contributed by atoms with Gasteiger partial charge >= 0.3 is 0 Å². The molecule has 0 saturated heterocycles. The van der Waals surface area contributed by atoms with E-state index in [1.54, 1.807) is 48.1 Å². The maximum atomic E-state index is 14.4. The van der Waals surface area contributed by atoms with Gasteiger partial charge in [-0.3, -0.25) is 9.59 Å². The standard InChI is InChI=1S/C25H18ClFN8O2/c1-25(18-9-17(36)13(26)10-30-18)19-20(28)32-21(33-22(19)34-24(25)37)16-11-35-7-6-29-23(35)15(31-16)8-12-4-2-3-5-14(12)27/h2-7,9-11H,8H2,1H3,(H,30,36)(H3,28,32,33,34,37)/t25-/m1/s1. The fraction of sp³-hybridized carbons (Fsp3) is 0.120. The zero-order valence-electron chi connectivity index (χ0n) is 19.3. The van der Waals surface area contributed by atoms with E-state index in [0.29, 0.717) is 33.9 Å². The maximum Gasteiger partial charge on any atom is 0.242 e. The normalized spacial score (nSPS) is 16.7. The van der Waals surface area contributed by atoms with Crippen LogP contribution in [-0.4, -0.2) is 35.2 Å². The van der Waals surface area contributed by atoms with Crippen molar-refractivity contribution in [3.05, 3.63) is 98.7 Å². The highest BCUT2D eigenvalue weighted by molar-refractivity contribution is 6.30. The summed E-state index contributed by atoms with van der Waals surface area (Å²) in [4.78, 5) is 46.2. The van der Waals surface area contributed by atoms with Crippen molar-refractivity contribution in [2.24, 2.45) is 0 Å². The zero-order valence-corrected chi connectivity index (χ0v) is 20.0. The molecule has 1 amide bonds. The monoisotopic (exact) mass is 516 g/mol. The lowest BCUT2D eigenvalue weighted by atomic mass is 9.81. The number of anilines is 2. The summed E-state index contributed by atoms with van der Waals surface area (Å²) in [5.41, 5.74) is 7.11. The Kier molecular flexibility index (Phi) is 5.06. The Labute approximate surface area is 213 Å². The topological polar surface area (TPSA) is 144 Å². The summed E-state index contributed by atoms with van der Waals surface area (Å²) in [5, 5.41) is 2.74. The lowest BCUT2D eigenvalue weighted by Crippen LogP contribution is -2.34. The Hall–Kier alpha value is -4.64. The summed E-state index contributed by atoms with van der Waals surface area (Å²) in [5.74, 6) is -0.374. The van der Waals surface area contributed by atoms with E-state index in [-0.39, 0.29) is 34.7 Å². The third-order valence-electron chi connectivity index (χ3n) is 6.52. The van der Waals surface area contributed by atoms with E-state index in [1.807, 2.05) is 0 Å². The smallest absolute Gasteiger partial charge is 0.242 e. The zero-order chi connectivity index (χ0) is 25.9. The van der Waals surface area contributed by atoms with E-state index in [1.165, 1.54) is 18.3 Å². The third-order valence-corrected chi connectivity index (χ3v) is 6.81. The first kappa shape index (κ1) is 22.8. The number of aromatic nitrogens is 6. The van der Waals surface area contributed by atoms with Gasteiger partial charge in [-0.1, -0.05) is 29.8 Å². The lowest BCUT2D eigenvalue weighted by molar-refractivity contribution is -0.119.